The van der Waals surface area contributed by atoms with Crippen molar-refractivity contribution in [2.75, 3.05) is 13.1 Å². The molecular formula is C22H23N3O2. The van der Waals surface area contributed by atoms with Crippen molar-refractivity contribution in [1.29, 1.82) is 0 Å². The summed E-state index contributed by atoms with van der Waals surface area (Å²) in [5.74, 6) is 1.48. The Hall–Kier alpha value is -2.95. The summed E-state index contributed by atoms with van der Waals surface area (Å²) in [4.78, 5) is 19.6. The van der Waals surface area contributed by atoms with Crippen LogP contribution in [0.4, 0.5) is 0 Å². The van der Waals surface area contributed by atoms with Crippen molar-refractivity contribution in [3.8, 4) is 22.8 Å². The highest BCUT2D eigenvalue weighted by atomic mass is 16.5. The van der Waals surface area contributed by atoms with Crippen LogP contribution in [0.1, 0.15) is 35.7 Å². The first-order valence-electron chi connectivity index (χ1n) is 9.42. The molecule has 1 saturated heterocycles. The van der Waals surface area contributed by atoms with Gasteiger partial charge in [-0.1, -0.05) is 48.5 Å². The monoisotopic (exact) mass is 361 g/mol. The third kappa shape index (κ3) is 3.50. The molecule has 0 N–H and O–H groups in total. The van der Waals surface area contributed by atoms with Crippen molar-refractivity contribution in [2.45, 2.75) is 26.7 Å². The van der Waals surface area contributed by atoms with Crippen LogP contribution in [0, 0.1) is 12.8 Å². The van der Waals surface area contributed by atoms with Crippen LogP contribution in [0.3, 0.4) is 0 Å². The van der Waals surface area contributed by atoms with Crippen molar-refractivity contribution < 1.29 is 9.32 Å². The van der Waals surface area contributed by atoms with Gasteiger partial charge in [0.1, 0.15) is 0 Å². The number of carbonyl (C=O) groups is 1. The fraction of sp³-hybridized carbons (Fsp3) is 0.318. The molecule has 1 aliphatic rings. The molecule has 0 unspecified atom stereocenters. The molecule has 1 aliphatic heterocycles. The molecule has 5 heteroatoms. The second-order valence-electron chi connectivity index (χ2n) is 7.28. The molecule has 0 aliphatic carbocycles. The first kappa shape index (κ1) is 17.5. The number of hydrogen-bond acceptors (Lipinski definition) is 4. The molecule has 3 aromatic rings. The fourth-order valence-electron chi connectivity index (χ4n) is 3.67. The number of amides is 1. The predicted molar refractivity (Wildman–Crippen MR) is 104 cm³/mol. The molecule has 5 nitrogen and oxygen atoms in total. The van der Waals surface area contributed by atoms with E-state index < -0.39 is 0 Å². The van der Waals surface area contributed by atoms with Gasteiger partial charge >= 0.3 is 0 Å². The highest BCUT2D eigenvalue weighted by Gasteiger charge is 2.25. The summed E-state index contributed by atoms with van der Waals surface area (Å²) in [6.45, 7) is 5.81. The third-order valence-corrected chi connectivity index (χ3v) is 5.14. The van der Waals surface area contributed by atoms with Gasteiger partial charge in [-0.25, -0.2) is 0 Å². The zero-order valence-corrected chi connectivity index (χ0v) is 15.7. The number of nitrogens with zero attached hydrogens (tertiary/aromatic N) is 3. The van der Waals surface area contributed by atoms with Gasteiger partial charge in [0, 0.05) is 18.7 Å². The summed E-state index contributed by atoms with van der Waals surface area (Å²) in [5.41, 5.74) is 3.32. The smallest absolute Gasteiger partial charge is 0.259 e. The highest BCUT2D eigenvalue weighted by Crippen LogP contribution is 2.28. The van der Waals surface area contributed by atoms with Gasteiger partial charge in [0.15, 0.2) is 0 Å². The number of likely N-dealkylation sites (tertiary alicyclic amines) is 1. The van der Waals surface area contributed by atoms with Crippen molar-refractivity contribution in [2.24, 2.45) is 5.92 Å². The van der Waals surface area contributed by atoms with E-state index in [1.807, 2.05) is 60.4 Å². The summed E-state index contributed by atoms with van der Waals surface area (Å²) in [5, 5.41) is 4.14. The molecule has 0 radical (unpaired) electrons. The van der Waals surface area contributed by atoms with Gasteiger partial charge in [-0.05, 0) is 43.4 Å². The highest BCUT2D eigenvalue weighted by molar-refractivity contribution is 6.00. The second-order valence-corrected chi connectivity index (χ2v) is 7.28. The summed E-state index contributed by atoms with van der Waals surface area (Å²) >= 11 is 0. The number of aryl methyl sites for hydroxylation is 1. The molecule has 0 bridgehead atoms. The molecule has 27 heavy (non-hydrogen) atoms. The van der Waals surface area contributed by atoms with Gasteiger partial charge in [0.05, 0.1) is 11.1 Å². The first-order valence-corrected chi connectivity index (χ1v) is 9.42. The first-order chi connectivity index (χ1) is 13.1. The molecule has 1 amide bonds. The standard InChI is InChI=1S/C22H23N3O2/c1-15-8-7-13-25(14-15)22(26)19-12-6-5-11-18(19)21-23-20(24-27-21)17-10-4-3-9-16(17)2/h3-6,9-12,15H,7-8,13-14H2,1-2H3/t15-/m1/s1. The van der Waals surface area contributed by atoms with Crippen molar-refractivity contribution in [1.82, 2.24) is 15.0 Å². The van der Waals surface area contributed by atoms with Gasteiger partial charge in [-0.2, -0.15) is 4.98 Å². The Morgan fingerprint density at radius 1 is 1.11 bits per heavy atom. The van der Waals surface area contributed by atoms with Gasteiger partial charge in [0.25, 0.3) is 11.8 Å². The zero-order valence-electron chi connectivity index (χ0n) is 15.7. The molecule has 4 rings (SSSR count). The number of hydrogen-bond donors (Lipinski definition) is 0. The van der Waals surface area contributed by atoms with Gasteiger partial charge in [-0.3, -0.25) is 4.79 Å². The quantitative estimate of drug-likeness (QED) is 0.685. The molecule has 0 saturated carbocycles. The molecule has 0 spiro atoms. The number of carbonyl (C=O) groups excluding carboxylic acids is 1. The van der Waals surface area contributed by atoms with Crippen LogP contribution in [0.5, 0.6) is 0 Å². The largest absolute Gasteiger partial charge is 0.338 e. The van der Waals surface area contributed by atoms with E-state index in [1.165, 1.54) is 6.42 Å². The minimum atomic E-state index is 0.0350. The third-order valence-electron chi connectivity index (χ3n) is 5.14. The lowest BCUT2D eigenvalue weighted by Gasteiger charge is -2.31. The normalized spacial score (nSPS) is 17.1. The molecule has 2 heterocycles. The van der Waals surface area contributed by atoms with Crippen LogP contribution < -0.4 is 0 Å². The number of rotatable bonds is 3. The van der Waals surface area contributed by atoms with Crippen LogP contribution in [0.15, 0.2) is 53.1 Å². The Bertz CT molecular complexity index is 963. The molecule has 1 aromatic heterocycles. The average Bonchev–Trinajstić information content (AvgIpc) is 3.17. The maximum atomic E-state index is 13.1. The summed E-state index contributed by atoms with van der Waals surface area (Å²) in [6, 6.07) is 15.4. The van der Waals surface area contributed by atoms with E-state index in [4.69, 9.17) is 4.52 Å². The van der Waals surface area contributed by atoms with E-state index in [2.05, 4.69) is 17.1 Å². The summed E-state index contributed by atoms with van der Waals surface area (Å²) < 4.78 is 5.53. The fourth-order valence-corrected chi connectivity index (χ4v) is 3.67. The van der Waals surface area contributed by atoms with Crippen LogP contribution >= 0.6 is 0 Å². The molecular weight excluding hydrogens is 338 g/mol. The molecule has 1 atom stereocenters. The number of piperidine rings is 1. The van der Waals surface area contributed by atoms with Crippen molar-refractivity contribution in [3.05, 3.63) is 59.7 Å². The minimum absolute atomic E-state index is 0.0350. The zero-order chi connectivity index (χ0) is 18.8. The van der Waals surface area contributed by atoms with E-state index in [9.17, 15) is 4.79 Å². The SMILES string of the molecule is Cc1ccccc1-c1noc(-c2ccccc2C(=O)N2CCC[C@@H](C)C2)n1. The molecule has 138 valence electrons. The van der Waals surface area contributed by atoms with Gasteiger partial charge in [-0.15, -0.1) is 0 Å². The Kier molecular flexibility index (Phi) is 4.75. The van der Waals surface area contributed by atoms with Crippen molar-refractivity contribution >= 4 is 5.91 Å². The maximum absolute atomic E-state index is 13.1. The lowest BCUT2D eigenvalue weighted by atomic mass is 9.98. The Morgan fingerprint density at radius 2 is 1.85 bits per heavy atom. The van der Waals surface area contributed by atoms with E-state index >= 15 is 0 Å². The molecule has 2 aromatic carbocycles. The maximum Gasteiger partial charge on any atom is 0.259 e. The average molecular weight is 361 g/mol. The van der Waals surface area contributed by atoms with E-state index in [0.29, 0.717) is 28.8 Å². The lowest BCUT2D eigenvalue weighted by Crippen LogP contribution is -2.39. The van der Waals surface area contributed by atoms with Crippen LogP contribution in [-0.2, 0) is 0 Å². The van der Waals surface area contributed by atoms with Gasteiger partial charge < -0.3 is 9.42 Å². The number of aromatic nitrogens is 2. The van der Waals surface area contributed by atoms with E-state index in [-0.39, 0.29) is 5.91 Å². The van der Waals surface area contributed by atoms with Gasteiger partial charge in [0.2, 0.25) is 5.82 Å². The summed E-state index contributed by atoms with van der Waals surface area (Å²) in [7, 11) is 0. The van der Waals surface area contributed by atoms with Crippen LogP contribution in [0.25, 0.3) is 22.8 Å². The van der Waals surface area contributed by atoms with Crippen LogP contribution in [0.2, 0.25) is 0 Å². The topological polar surface area (TPSA) is 59.2 Å². The second kappa shape index (κ2) is 7.35. The Labute approximate surface area is 159 Å². The summed E-state index contributed by atoms with van der Waals surface area (Å²) in [6.07, 6.45) is 2.22. The lowest BCUT2D eigenvalue weighted by molar-refractivity contribution is 0.0683. The van der Waals surface area contributed by atoms with E-state index in [1.54, 1.807) is 0 Å². The Balaban J connectivity index is 1.68. The van der Waals surface area contributed by atoms with Crippen LogP contribution in [-0.4, -0.2) is 34.0 Å². The molecule has 1 fully saturated rings. The predicted octanol–water partition coefficient (Wildman–Crippen LogP) is 4.58. The minimum Gasteiger partial charge on any atom is -0.338 e. The Morgan fingerprint density at radius 3 is 2.63 bits per heavy atom. The van der Waals surface area contributed by atoms with E-state index in [0.717, 1.165) is 30.6 Å². The van der Waals surface area contributed by atoms with Crippen molar-refractivity contribution in [3.63, 3.8) is 0 Å². The number of benzene rings is 2.